The molecule has 5 heteroatoms. The molecule has 140 valence electrons. The number of nitrogens with one attached hydrogen (secondary N) is 1. The average Bonchev–Trinajstić information content (AvgIpc) is 3.16. The number of ketones is 1. The molecule has 0 fully saturated rings. The summed E-state index contributed by atoms with van der Waals surface area (Å²) in [7, 11) is 4.70. The molecular formula is C22H23NO4. The van der Waals surface area contributed by atoms with Crippen LogP contribution in [0.25, 0.3) is 11.1 Å². The Labute approximate surface area is 158 Å². The van der Waals surface area contributed by atoms with Gasteiger partial charge in [0, 0.05) is 29.1 Å². The van der Waals surface area contributed by atoms with Crippen molar-refractivity contribution in [3.63, 3.8) is 0 Å². The van der Waals surface area contributed by atoms with Crippen LogP contribution in [-0.2, 0) is 0 Å². The van der Waals surface area contributed by atoms with Crippen LogP contribution in [0.3, 0.4) is 0 Å². The highest BCUT2D eigenvalue weighted by Gasteiger charge is 2.20. The maximum atomic E-state index is 13.2. The van der Waals surface area contributed by atoms with Crippen molar-refractivity contribution >= 4 is 5.78 Å². The molecule has 1 N–H and O–H groups in total. The summed E-state index contributed by atoms with van der Waals surface area (Å²) in [5.41, 5.74) is 4.95. The number of hydrogen-bond donors (Lipinski definition) is 1. The molecule has 0 spiro atoms. The molecule has 27 heavy (non-hydrogen) atoms. The standard InChI is InChI=1S/C22H23NO4/c1-13-6-7-16(14(2)8-13)21(24)18-12-23-11-17(18)15-9-19(25-3)22(27-5)20(10-15)26-4/h6-12,23H,1-5H3. The normalized spacial score (nSPS) is 10.6. The van der Waals surface area contributed by atoms with Gasteiger partial charge in [0.2, 0.25) is 5.75 Å². The van der Waals surface area contributed by atoms with Gasteiger partial charge in [-0.3, -0.25) is 4.79 Å². The summed E-state index contributed by atoms with van der Waals surface area (Å²) >= 11 is 0. The van der Waals surface area contributed by atoms with E-state index in [1.807, 2.05) is 44.2 Å². The van der Waals surface area contributed by atoms with Crippen LogP contribution in [0.15, 0.2) is 42.7 Å². The molecule has 0 saturated heterocycles. The first-order valence-electron chi connectivity index (χ1n) is 8.59. The smallest absolute Gasteiger partial charge is 0.203 e. The van der Waals surface area contributed by atoms with Gasteiger partial charge < -0.3 is 19.2 Å². The molecule has 0 aliphatic heterocycles. The molecule has 0 atom stereocenters. The van der Waals surface area contributed by atoms with Crippen LogP contribution in [0.1, 0.15) is 27.0 Å². The second-order valence-electron chi connectivity index (χ2n) is 6.34. The maximum absolute atomic E-state index is 13.2. The van der Waals surface area contributed by atoms with E-state index in [2.05, 4.69) is 4.98 Å². The second kappa shape index (κ2) is 7.58. The molecule has 0 radical (unpaired) electrons. The molecule has 1 aromatic heterocycles. The van der Waals surface area contributed by atoms with Crippen LogP contribution in [0.5, 0.6) is 17.2 Å². The predicted octanol–water partition coefficient (Wildman–Crippen LogP) is 4.56. The third-order valence-electron chi connectivity index (χ3n) is 4.59. The molecule has 1 heterocycles. The summed E-state index contributed by atoms with van der Waals surface area (Å²) in [5, 5.41) is 0. The molecule has 3 aromatic rings. The predicted molar refractivity (Wildman–Crippen MR) is 105 cm³/mol. The summed E-state index contributed by atoms with van der Waals surface area (Å²) in [4.78, 5) is 16.2. The van der Waals surface area contributed by atoms with Crippen LogP contribution < -0.4 is 14.2 Å². The van der Waals surface area contributed by atoms with Crippen molar-refractivity contribution in [3.05, 3.63) is 65.0 Å². The number of aryl methyl sites for hydroxylation is 2. The number of aromatic nitrogens is 1. The number of methoxy groups -OCH3 is 3. The van der Waals surface area contributed by atoms with Crippen LogP contribution in [0.4, 0.5) is 0 Å². The van der Waals surface area contributed by atoms with Gasteiger partial charge in [-0.25, -0.2) is 0 Å². The lowest BCUT2D eigenvalue weighted by atomic mass is 9.94. The monoisotopic (exact) mass is 365 g/mol. The quantitative estimate of drug-likeness (QED) is 0.651. The van der Waals surface area contributed by atoms with Crippen molar-refractivity contribution in [3.8, 4) is 28.4 Å². The van der Waals surface area contributed by atoms with Gasteiger partial charge in [-0.15, -0.1) is 0 Å². The number of H-pyrrole nitrogens is 1. The summed E-state index contributed by atoms with van der Waals surface area (Å²) in [6.07, 6.45) is 3.53. The van der Waals surface area contributed by atoms with Gasteiger partial charge in [0.15, 0.2) is 17.3 Å². The fourth-order valence-corrected chi connectivity index (χ4v) is 3.24. The number of ether oxygens (including phenoxy) is 3. The van der Waals surface area contributed by atoms with E-state index in [9.17, 15) is 4.79 Å². The summed E-state index contributed by atoms with van der Waals surface area (Å²) in [6.45, 7) is 3.96. The lowest BCUT2D eigenvalue weighted by Crippen LogP contribution is -2.04. The van der Waals surface area contributed by atoms with E-state index < -0.39 is 0 Å². The van der Waals surface area contributed by atoms with Gasteiger partial charge >= 0.3 is 0 Å². The van der Waals surface area contributed by atoms with Gasteiger partial charge in [0.25, 0.3) is 0 Å². The van der Waals surface area contributed by atoms with Gasteiger partial charge in [-0.2, -0.15) is 0 Å². The van der Waals surface area contributed by atoms with Crippen molar-refractivity contribution in [2.24, 2.45) is 0 Å². The van der Waals surface area contributed by atoms with Crippen LogP contribution >= 0.6 is 0 Å². The molecule has 0 saturated carbocycles. The number of hydrogen-bond acceptors (Lipinski definition) is 4. The van der Waals surface area contributed by atoms with Gasteiger partial charge in [0.1, 0.15) is 0 Å². The maximum Gasteiger partial charge on any atom is 0.203 e. The van der Waals surface area contributed by atoms with Crippen molar-refractivity contribution in [2.45, 2.75) is 13.8 Å². The topological polar surface area (TPSA) is 60.6 Å². The van der Waals surface area contributed by atoms with E-state index in [0.717, 1.165) is 22.3 Å². The minimum absolute atomic E-state index is 0.0301. The zero-order valence-corrected chi connectivity index (χ0v) is 16.2. The Morgan fingerprint density at radius 3 is 2.07 bits per heavy atom. The Kier molecular flexibility index (Phi) is 5.21. The van der Waals surface area contributed by atoms with E-state index in [0.29, 0.717) is 28.4 Å². The minimum Gasteiger partial charge on any atom is -0.493 e. The minimum atomic E-state index is -0.0301. The largest absolute Gasteiger partial charge is 0.493 e. The number of aromatic amines is 1. The highest BCUT2D eigenvalue weighted by molar-refractivity contribution is 6.13. The fraction of sp³-hybridized carbons (Fsp3) is 0.227. The lowest BCUT2D eigenvalue weighted by molar-refractivity contribution is 0.103. The molecular weight excluding hydrogens is 342 g/mol. The van der Waals surface area contributed by atoms with E-state index >= 15 is 0 Å². The second-order valence-corrected chi connectivity index (χ2v) is 6.34. The lowest BCUT2D eigenvalue weighted by Gasteiger charge is -2.14. The zero-order valence-electron chi connectivity index (χ0n) is 16.2. The SMILES string of the molecule is COc1cc(-c2c[nH]cc2C(=O)c2ccc(C)cc2C)cc(OC)c1OC. The zero-order chi connectivity index (χ0) is 19.6. The number of carbonyl (C=O) groups is 1. The third kappa shape index (κ3) is 3.40. The number of rotatable bonds is 6. The third-order valence-corrected chi connectivity index (χ3v) is 4.59. The Hall–Kier alpha value is -3.21. The van der Waals surface area contributed by atoms with Gasteiger partial charge in [0.05, 0.1) is 21.3 Å². The first-order chi connectivity index (χ1) is 13.0. The van der Waals surface area contributed by atoms with E-state index in [1.165, 1.54) is 0 Å². The molecule has 5 nitrogen and oxygen atoms in total. The Bertz CT molecular complexity index is 963. The average molecular weight is 365 g/mol. The van der Waals surface area contributed by atoms with E-state index in [-0.39, 0.29) is 5.78 Å². The van der Waals surface area contributed by atoms with Crippen LogP contribution in [0.2, 0.25) is 0 Å². The Balaban J connectivity index is 2.11. The van der Waals surface area contributed by atoms with Crippen LogP contribution in [0, 0.1) is 13.8 Å². The van der Waals surface area contributed by atoms with Crippen LogP contribution in [-0.4, -0.2) is 32.1 Å². The Morgan fingerprint density at radius 1 is 0.852 bits per heavy atom. The molecule has 0 bridgehead atoms. The number of benzene rings is 2. The fourth-order valence-electron chi connectivity index (χ4n) is 3.24. The van der Waals surface area contributed by atoms with Crippen molar-refractivity contribution in [1.82, 2.24) is 4.98 Å². The molecule has 0 aliphatic rings. The highest BCUT2D eigenvalue weighted by atomic mass is 16.5. The Morgan fingerprint density at radius 2 is 1.52 bits per heavy atom. The summed E-state index contributed by atoms with van der Waals surface area (Å²) in [6, 6.07) is 9.51. The van der Waals surface area contributed by atoms with E-state index in [1.54, 1.807) is 33.7 Å². The van der Waals surface area contributed by atoms with Crippen molar-refractivity contribution < 1.29 is 19.0 Å². The molecule has 3 rings (SSSR count). The summed E-state index contributed by atoms with van der Waals surface area (Å²) < 4.78 is 16.2. The molecule has 0 aliphatic carbocycles. The summed E-state index contributed by atoms with van der Waals surface area (Å²) in [5.74, 6) is 1.56. The molecule has 0 unspecified atom stereocenters. The first kappa shape index (κ1) is 18.6. The number of carbonyl (C=O) groups excluding carboxylic acids is 1. The molecule has 2 aromatic carbocycles. The van der Waals surface area contributed by atoms with E-state index in [4.69, 9.17) is 14.2 Å². The van der Waals surface area contributed by atoms with Gasteiger partial charge in [-0.05, 0) is 37.1 Å². The van der Waals surface area contributed by atoms with Gasteiger partial charge in [-0.1, -0.05) is 23.8 Å². The molecule has 0 amide bonds. The highest BCUT2D eigenvalue weighted by Crippen LogP contribution is 2.42. The van der Waals surface area contributed by atoms with Crippen molar-refractivity contribution in [2.75, 3.05) is 21.3 Å². The first-order valence-corrected chi connectivity index (χ1v) is 8.59. The van der Waals surface area contributed by atoms with Crippen molar-refractivity contribution in [1.29, 1.82) is 0 Å².